The first-order chi connectivity index (χ1) is 27.0. The van der Waals surface area contributed by atoms with Crippen LogP contribution >= 0.6 is 0 Å². The summed E-state index contributed by atoms with van der Waals surface area (Å²) in [7, 11) is 0. The van der Waals surface area contributed by atoms with Crippen LogP contribution in [-0.4, -0.2) is 20.2 Å². The van der Waals surface area contributed by atoms with Gasteiger partial charge in [0.1, 0.15) is 52.2 Å². The zero-order valence-corrected chi connectivity index (χ0v) is 30.0. The Morgan fingerprint density at radius 3 is 1.00 bits per heavy atom. The van der Waals surface area contributed by atoms with Gasteiger partial charge in [0.05, 0.1) is 17.1 Å². The molecule has 0 amide bonds. The van der Waals surface area contributed by atoms with Gasteiger partial charge in [-0.05, 0) is 96.4 Å². The van der Waals surface area contributed by atoms with Crippen molar-refractivity contribution < 1.29 is 40.6 Å². The van der Waals surface area contributed by atoms with Crippen molar-refractivity contribution in [1.82, 2.24) is 0 Å². The number of anilines is 3. The maximum atomic E-state index is 14.9. The van der Waals surface area contributed by atoms with Gasteiger partial charge in [-0.1, -0.05) is 18.2 Å². The molecule has 284 valence electrons. The van der Waals surface area contributed by atoms with E-state index in [9.17, 15) is 26.3 Å². The molecule has 12 heteroatoms. The SMILES string of the molecule is CC(c1ccc2c(c1)CN(c1ccc(F)cc1F)CO2)(c1ccc2c(c1)CN(c1ccc(F)cc1F)CO2)c1ccc2c(c1)CN(c1ccc(F)cc1F)CO2. The van der Waals surface area contributed by atoms with Crippen LogP contribution in [0.2, 0.25) is 0 Å². The highest BCUT2D eigenvalue weighted by Crippen LogP contribution is 2.45. The zero-order valence-electron chi connectivity index (χ0n) is 30.0. The Labute approximate surface area is 318 Å². The molecule has 0 unspecified atom stereocenters. The van der Waals surface area contributed by atoms with Crippen molar-refractivity contribution in [2.75, 3.05) is 34.9 Å². The summed E-state index contributed by atoms with van der Waals surface area (Å²) in [6.45, 7) is 3.13. The summed E-state index contributed by atoms with van der Waals surface area (Å²) in [4.78, 5) is 5.07. The molecule has 56 heavy (non-hydrogen) atoms. The van der Waals surface area contributed by atoms with Gasteiger partial charge in [0, 0.05) is 59.9 Å². The Morgan fingerprint density at radius 1 is 0.411 bits per heavy atom. The van der Waals surface area contributed by atoms with Crippen LogP contribution in [0.4, 0.5) is 43.4 Å². The number of hydrogen-bond donors (Lipinski definition) is 0. The van der Waals surface area contributed by atoms with Crippen LogP contribution in [0, 0.1) is 34.9 Å². The topological polar surface area (TPSA) is 37.4 Å². The van der Waals surface area contributed by atoms with Crippen molar-refractivity contribution in [3.8, 4) is 17.2 Å². The van der Waals surface area contributed by atoms with E-state index in [0.717, 1.165) is 51.6 Å². The maximum absolute atomic E-state index is 14.9. The van der Waals surface area contributed by atoms with Gasteiger partial charge in [0.25, 0.3) is 0 Å². The second-order valence-corrected chi connectivity index (χ2v) is 14.3. The molecule has 3 heterocycles. The Hall–Kier alpha value is -6.30. The molecule has 0 radical (unpaired) electrons. The lowest BCUT2D eigenvalue weighted by molar-refractivity contribution is 0.287. The highest BCUT2D eigenvalue weighted by Gasteiger charge is 2.36. The van der Waals surface area contributed by atoms with Gasteiger partial charge in [0.2, 0.25) is 0 Å². The van der Waals surface area contributed by atoms with Crippen LogP contribution in [0.25, 0.3) is 0 Å². The molecule has 0 saturated carbocycles. The Balaban J connectivity index is 1.13. The van der Waals surface area contributed by atoms with Crippen molar-refractivity contribution in [3.05, 3.63) is 177 Å². The van der Waals surface area contributed by atoms with Crippen LogP contribution in [0.5, 0.6) is 17.2 Å². The molecule has 0 saturated heterocycles. The molecule has 3 aliphatic rings. The van der Waals surface area contributed by atoms with E-state index in [0.29, 0.717) is 17.2 Å². The summed E-state index contributed by atoms with van der Waals surface area (Å²) in [6.07, 6.45) is 0. The van der Waals surface area contributed by atoms with Crippen LogP contribution in [0.15, 0.2) is 109 Å². The summed E-state index contributed by atoms with van der Waals surface area (Å²) >= 11 is 0. The fraction of sp³-hybridized carbons (Fsp3) is 0.182. The quantitative estimate of drug-likeness (QED) is 0.124. The second kappa shape index (κ2) is 13.8. The standard InChI is InChI=1S/C44H33F6N3O3/c1-44(29-2-11-41-26(14-29)20-51(23-54-41)38-8-5-32(45)17-35(38)48,30-3-12-42-27(15-30)21-52(24-55-42)39-9-6-33(46)18-36(39)49)31-4-13-43-28(16-31)22-53(25-56-43)40-10-7-34(47)19-37(40)50/h2-19H,20-25H2,1H3. The fourth-order valence-corrected chi connectivity index (χ4v) is 7.84. The van der Waals surface area contributed by atoms with Gasteiger partial charge < -0.3 is 28.9 Å². The average Bonchev–Trinajstić information content (AvgIpc) is 3.19. The van der Waals surface area contributed by atoms with E-state index >= 15 is 0 Å². The maximum Gasteiger partial charge on any atom is 0.161 e. The van der Waals surface area contributed by atoms with Gasteiger partial charge in [-0.15, -0.1) is 0 Å². The predicted molar refractivity (Wildman–Crippen MR) is 199 cm³/mol. The number of hydrogen-bond acceptors (Lipinski definition) is 6. The van der Waals surface area contributed by atoms with E-state index < -0.39 is 40.3 Å². The highest BCUT2D eigenvalue weighted by atomic mass is 19.2. The number of rotatable bonds is 6. The van der Waals surface area contributed by atoms with Gasteiger partial charge in [-0.25, -0.2) is 26.3 Å². The fourth-order valence-electron chi connectivity index (χ4n) is 7.84. The Bertz CT molecular complexity index is 2240. The van der Waals surface area contributed by atoms with Gasteiger partial charge in [-0.3, -0.25) is 0 Å². The van der Waals surface area contributed by atoms with Crippen LogP contribution in [-0.2, 0) is 25.0 Å². The van der Waals surface area contributed by atoms with Gasteiger partial charge in [-0.2, -0.15) is 0 Å². The summed E-state index contributed by atoms with van der Waals surface area (Å²) in [5.41, 5.74) is 4.66. The molecule has 0 bridgehead atoms. The van der Waals surface area contributed by atoms with Crippen molar-refractivity contribution in [2.45, 2.75) is 32.0 Å². The summed E-state index contributed by atoms with van der Waals surface area (Å²) in [5.74, 6) is -2.25. The first-order valence-corrected chi connectivity index (χ1v) is 17.9. The Morgan fingerprint density at radius 2 is 0.714 bits per heavy atom. The molecule has 0 N–H and O–H groups in total. The Kier molecular flexibility index (Phi) is 8.71. The first kappa shape index (κ1) is 35.4. The summed E-state index contributed by atoms with van der Waals surface area (Å²) in [5, 5.41) is 0. The first-order valence-electron chi connectivity index (χ1n) is 17.9. The predicted octanol–water partition coefficient (Wildman–Crippen LogP) is 9.94. The highest BCUT2D eigenvalue weighted by molar-refractivity contribution is 5.60. The molecule has 9 rings (SSSR count). The van der Waals surface area contributed by atoms with Crippen molar-refractivity contribution in [2.24, 2.45) is 0 Å². The minimum atomic E-state index is -0.880. The monoisotopic (exact) mass is 765 g/mol. The van der Waals surface area contributed by atoms with Gasteiger partial charge >= 0.3 is 0 Å². The van der Waals surface area contributed by atoms with E-state index in [1.807, 2.05) is 54.6 Å². The molecule has 3 aliphatic heterocycles. The minimum Gasteiger partial charge on any atom is -0.473 e. The van der Waals surface area contributed by atoms with Crippen LogP contribution in [0.3, 0.4) is 0 Å². The summed E-state index contributed by atoms with van der Waals surface area (Å²) in [6, 6.07) is 27.9. The smallest absolute Gasteiger partial charge is 0.161 e. The molecule has 6 aromatic rings. The average molecular weight is 766 g/mol. The number of fused-ring (bicyclic) bond motifs is 3. The van der Waals surface area contributed by atoms with Crippen molar-refractivity contribution >= 4 is 17.1 Å². The van der Waals surface area contributed by atoms with Crippen LogP contribution < -0.4 is 28.9 Å². The molecule has 0 atom stereocenters. The molecular weight excluding hydrogens is 732 g/mol. The van der Waals surface area contributed by atoms with E-state index in [1.54, 1.807) is 14.7 Å². The third-order valence-electron chi connectivity index (χ3n) is 10.9. The lowest BCUT2D eigenvalue weighted by atomic mass is 9.70. The molecule has 6 nitrogen and oxygen atoms in total. The zero-order chi connectivity index (χ0) is 38.7. The normalized spacial score (nSPS) is 14.9. The largest absolute Gasteiger partial charge is 0.473 e. The van der Waals surface area contributed by atoms with E-state index in [1.165, 1.54) is 36.4 Å². The molecule has 6 aromatic carbocycles. The van der Waals surface area contributed by atoms with Crippen LogP contribution in [0.1, 0.15) is 40.3 Å². The van der Waals surface area contributed by atoms with E-state index in [4.69, 9.17) is 14.2 Å². The number of ether oxygens (including phenoxy) is 3. The number of halogens is 6. The molecule has 0 fully saturated rings. The summed E-state index contributed by atoms with van der Waals surface area (Å²) < 4.78 is 104. The lowest BCUT2D eigenvalue weighted by Crippen LogP contribution is -2.34. The molecule has 0 spiro atoms. The minimum absolute atomic E-state index is 0.0676. The van der Waals surface area contributed by atoms with E-state index in [-0.39, 0.29) is 56.9 Å². The third kappa shape index (κ3) is 6.28. The van der Waals surface area contributed by atoms with Gasteiger partial charge in [0.15, 0.2) is 20.2 Å². The molecule has 0 aliphatic carbocycles. The van der Waals surface area contributed by atoms with Crippen molar-refractivity contribution in [1.29, 1.82) is 0 Å². The second-order valence-electron chi connectivity index (χ2n) is 14.3. The third-order valence-corrected chi connectivity index (χ3v) is 10.9. The van der Waals surface area contributed by atoms with Crippen molar-refractivity contribution in [3.63, 3.8) is 0 Å². The van der Waals surface area contributed by atoms with E-state index in [2.05, 4.69) is 6.92 Å². The molecule has 0 aromatic heterocycles. The number of benzene rings is 6. The lowest BCUT2D eigenvalue weighted by Gasteiger charge is -2.37. The molecular formula is C44H33F6N3O3. The number of nitrogens with zero attached hydrogens (tertiary/aromatic N) is 3.